The maximum Gasteiger partial charge on any atom is 0.123 e. The quantitative estimate of drug-likeness (QED) is 0.924. The molecule has 122 valence electrons. The summed E-state index contributed by atoms with van der Waals surface area (Å²) in [5, 5.41) is 3.51. The van der Waals surface area contributed by atoms with Crippen LogP contribution in [0, 0.1) is 11.6 Å². The molecule has 0 aliphatic carbocycles. The molecule has 1 aliphatic rings. The van der Waals surface area contributed by atoms with Crippen molar-refractivity contribution in [2.75, 3.05) is 19.6 Å². The first kappa shape index (κ1) is 16.1. The largest absolute Gasteiger partial charge is 0.311 e. The number of benzene rings is 2. The monoisotopic (exact) mass is 316 g/mol. The average Bonchev–Trinajstić information content (AvgIpc) is 2.59. The Morgan fingerprint density at radius 1 is 1.00 bits per heavy atom. The predicted molar refractivity (Wildman–Crippen MR) is 88.3 cm³/mol. The third-order valence-corrected chi connectivity index (χ3v) is 4.52. The molecule has 1 heterocycles. The first-order valence-electron chi connectivity index (χ1n) is 8.15. The van der Waals surface area contributed by atoms with Crippen LogP contribution in [0.25, 0.3) is 0 Å². The normalized spacial score (nSPS) is 19.2. The summed E-state index contributed by atoms with van der Waals surface area (Å²) in [6.45, 7) is 4.94. The smallest absolute Gasteiger partial charge is 0.123 e. The summed E-state index contributed by atoms with van der Waals surface area (Å²) >= 11 is 0. The van der Waals surface area contributed by atoms with Crippen LogP contribution in [0.2, 0.25) is 0 Å². The van der Waals surface area contributed by atoms with E-state index < -0.39 is 0 Å². The molecule has 2 nitrogen and oxygen atoms in total. The van der Waals surface area contributed by atoms with Gasteiger partial charge in [-0.3, -0.25) is 4.90 Å². The summed E-state index contributed by atoms with van der Waals surface area (Å²) in [7, 11) is 0. The molecule has 1 unspecified atom stereocenters. The predicted octanol–water partition coefficient (Wildman–Crippen LogP) is 3.74. The van der Waals surface area contributed by atoms with Crippen molar-refractivity contribution in [3.8, 4) is 0 Å². The second-order valence-corrected chi connectivity index (χ2v) is 6.06. The Labute approximate surface area is 136 Å². The molecule has 0 amide bonds. The number of nitrogens with one attached hydrogen (secondary N) is 1. The molecule has 0 saturated carbocycles. The Kier molecular flexibility index (Phi) is 5.03. The first-order chi connectivity index (χ1) is 11.2. The first-order valence-corrected chi connectivity index (χ1v) is 8.15. The highest BCUT2D eigenvalue weighted by Gasteiger charge is 2.27. The molecule has 1 fully saturated rings. The van der Waals surface area contributed by atoms with Gasteiger partial charge in [-0.25, -0.2) is 8.78 Å². The van der Waals surface area contributed by atoms with Gasteiger partial charge in [0.25, 0.3) is 0 Å². The number of nitrogens with zero attached hydrogens (tertiary/aromatic N) is 1. The van der Waals surface area contributed by atoms with Crippen molar-refractivity contribution in [1.29, 1.82) is 0 Å². The molecule has 1 aliphatic heterocycles. The maximum absolute atomic E-state index is 13.3. The molecular weight excluding hydrogens is 294 g/mol. The highest BCUT2D eigenvalue weighted by atomic mass is 19.1. The highest BCUT2D eigenvalue weighted by Crippen LogP contribution is 2.30. The van der Waals surface area contributed by atoms with Gasteiger partial charge in [-0.2, -0.15) is 0 Å². The van der Waals surface area contributed by atoms with Gasteiger partial charge < -0.3 is 5.32 Å². The minimum Gasteiger partial charge on any atom is -0.311 e. The van der Waals surface area contributed by atoms with Crippen LogP contribution in [0.5, 0.6) is 0 Å². The zero-order valence-corrected chi connectivity index (χ0v) is 13.3. The third kappa shape index (κ3) is 3.77. The van der Waals surface area contributed by atoms with E-state index in [1.165, 1.54) is 24.3 Å². The topological polar surface area (TPSA) is 15.3 Å². The molecular formula is C19H22F2N2. The van der Waals surface area contributed by atoms with Gasteiger partial charge in [0.05, 0.1) is 6.04 Å². The van der Waals surface area contributed by atoms with Gasteiger partial charge in [-0.05, 0) is 41.8 Å². The second kappa shape index (κ2) is 7.20. The van der Waals surface area contributed by atoms with Crippen LogP contribution in [0.3, 0.4) is 0 Å². The van der Waals surface area contributed by atoms with E-state index in [9.17, 15) is 8.78 Å². The Hall–Kier alpha value is -1.78. The van der Waals surface area contributed by atoms with Gasteiger partial charge in [0.1, 0.15) is 11.6 Å². The Bertz CT molecular complexity index is 579. The van der Waals surface area contributed by atoms with Crippen molar-refractivity contribution in [3.63, 3.8) is 0 Å². The number of halogens is 2. The van der Waals surface area contributed by atoms with Crippen LogP contribution >= 0.6 is 0 Å². The summed E-state index contributed by atoms with van der Waals surface area (Å²) in [6, 6.07) is 13.7. The molecule has 1 saturated heterocycles. The van der Waals surface area contributed by atoms with Gasteiger partial charge in [-0.1, -0.05) is 31.2 Å². The van der Waals surface area contributed by atoms with Crippen molar-refractivity contribution in [3.05, 3.63) is 71.3 Å². The van der Waals surface area contributed by atoms with E-state index in [0.29, 0.717) is 6.04 Å². The summed E-state index contributed by atoms with van der Waals surface area (Å²) in [6.07, 6.45) is 1.07. The van der Waals surface area contributed by atoms with Crippen molar-refractivity contribution in [2.24, 2.45) is 0 Å². The Balaban J connectivity index is 1.95. The number of rotatable bonds is 4. The highest BCUT2D eigenvalue weighted by molar-refractivity contribution is 5.32. The number of piperazine rings is 1. The van der Waals surface area contributed by atoms with Crippen LogP contribution in [-0.4, -0.2) is 30.6 Å². The molecule has 1 N–H and O–H groups in total. The third-order valence-electron chi connectivity index (χ3n) is 4.52. The summed E-state index contributed by atoms with van der Waals surface area (Å²) in [4.78, 5) is 2.39. The lowest BCUT2D eigenvalue weighted by Gasteiger charge is -2.39. The SMILES string of the molecule is CCC1CN(C(c2ccc(F)cc2)c2ccc(F)cc2)CCN1. The fraction of sp³-hybridized carbons (Fsp3) is 0.368. The van der Waals surface area contributed by atoms with Crippen LogP contribution in [0.1, 0.15) is 30.5 Å². The molecule has 0 bridgehead atoms. The molecule has 0 radical (unpaired) electrons. The molecule has 1 atom stereocenters. The van der Waals surface area contributed by atoms with Crippen molar-refractivity contribution >= 4 is 0 Å². The van der Waals surface area contributed by atoms with E-state index in [2.05, 4.69) is 17.1 Å². The van der Waals surface area contributed by atoms with E-state index in [1.807, 2.05) is 24.3 Å². The van der Waals surface area contributed by atoms with E-state index in [-0.39, 0.29) is 17.7 Å². The molecule has 2 aromatic carbocycles. The Morgan fingerprint density at radius 2 is 1.52 bits per heavy atom. The van der Waals surface area contributed by atoms with E-state index in [4.69, 9.17) is 0 Å². The Morgan fingerprint density at radius 3 is 2.00 bits per heavy atom. The number of hydrogen-bond donors (Lipinski definition) is 1. The average molecular weight is 316 g/mol. The molecule has 0 aromatic heterocycles. The fourth-order valence-electron chi connectivity index (χ4n) is 3.26. The lowest BCUT2D eigenvalue weighted by Crippen LogP contribution is -2.51. The van der Waals surface area contributed by atoms with Crippen molar-refractivity contribution in [2.45, 2.75) is 25.4 Å². The minimum atomic E-state index is -0.238. The van der Waals surface area contributed by atoms with Crippen molar-refractivity contribution in [1.82, 2.24) is 10.2 Å². The van der Waals surface area contributed by atoms with E-state index in [0.717, 1.165) is 37.2 Å². The van der Waals surface area contributed by atoms with Gasteiger partial charge in [0, 0.05) is 25.7 Å². The second-order valence-electron chi connectivity index (χ2n) is 6.06. The molecule has 0 spiro atoms. The minimum absolute atomic E-state index is 0.0207. The molecule has 23 heavy (non-hydrogen) atoms. The van der Waals surface area contributed by atoms with Crippen LogP contribution in [-0.2, 0) is 0 Å². The maximum atomic E-state index is 13.3. The zero-order valence-electron chi connectivity index (χ0n) is 13.3. The zero-order chi connectivity index (χ0) is 16.2. The standard InChI is InChI=1S/C19H22F2N2/c1-2-18-13-23(12-11-22-18)19(14-3-7-16(20)8-4-14)15-5-9-17(21)10-6-15/h3-10,18-19,22H,2,11-13H2,1H3. The van der Waals surface area contributed by atoms with E-state index in [1.54, 1.807) is 0 Å². The molecule has 4 heteroatoms. The summed E-state index contributed by atoms with van der Waals surface area (Å²) in [5.41, 5.74) is 2.07. The van der Waals surface area contributed by atoms with Crippen LogP contribution in [0.4, 0.5) is 8.78 Å². The summed E-state index contributed by atoms with van der Waals surface area (Å²) < 4.78 is 26.6. The summed E-state index contributed by atoms with van der Waals surface area (Å²) in [5.74, 6) is -0.475. The van der Waals surface area contributed by atoms with Crippen molar-refractivity contribution < 1.29 is 8.78 Å². The molecule has 3 rings (SSSR count). The van der Waals surface area contributed by atoms with Gasteiger partial charge in [0.2, 0.25) is 0 Å². The van der Waals surface area contributed by atoms with Gasteiger partial charge >= 0.3 is 0 Å². The number of hydrogen-bond acceptors (Lipinski definition) is 2. The van der Waals surface area contributed by atoms with E-state index >= 15 is 0 Å². The van der Waals surface area contributed by atoms with Gasteiger partial charge in [-0.15, -0.1) is 0 Å². The van der Waals surface area contributed by atoms with Crippen LogP contribution < -0.4 is 5.32 Å². The lowest BCUT2D eigenvalue weighted by molar-refractivity contribution is 0.162. The van der Waals surface area contributed by atoms with Crippen LogP contribution in [0.15, 0.2) is 48.5 Å². The molecule has 2 aromatic rings. The lowest BCUT2D eigenvalue weighted by atomic mass is 9.95. The van der Waals surface area contributed by atoms with Gasteiger partial charge in [0.15, 0.2) is 0 Å². The fourth-order valence-corrected chi connectivity index (χ4v) is 3.26.